The second-order valence-corrected chi connectivity index (χ2v) is 2.98. The molecule has 3 heteroatoms. The molecule has 0 aliphatic carbocycles. The molecule has 3 nitrogen and oxygen atoms in total. The highest BCUT2D eigenvalue weighted by molar-refractivity contribution is 5.42. The van der Waals surface area contributed by atoms with Crippen molar-refractivity contribution in [3.63, 3.8) is 0 Å². The highest BCUT2D eigenvalue weighted by Gasteiger charge is 2.03. The van der Waals surface area contributed by atoms with E-state index in [0.717, 1.165) is 5.56 Å². The third kappa shape index (κ3) is 2.24. The first-order valence-corrected chi connectivity index (χ1v) is 4.24. The number of hydrogen-bond donors (Lipinski definition) is 0. The van der Waals surface area contributed by atoms with E-state index in [-0.39, 0.29) is 0 Å². The highest BCUT2D eigenvalue weighted by Crippen LogP contribution is 2.17. The predicted octanol–water partition coefficient (Wildman–Crippen LogP) is 2.16. The Hall–Kier alpha value is -2.00. The number of nitrogens with zero attached hydrogens (tertiary/aromatic N) is 2. The van der Waals surface area contributed by atoms with Gasteiger partial charge in [0.1, 0.15) is 11.8 Å². The number of rotatable bonds is 2. The van der Waals surface area contributed by atoms with Crippen LogP contribution in [-0.2, 0) is 0 Å². The molecular formula is C11H10N2O. The molecule has 70 valence electrons. The van der Waals surface area contributed by atoms with Crippen molar-refractivity contribution in [2.75, 3.05) is 0 Å². The van der Waals surface area contributed by atoms with E-state index in [1.54, 1.807) is 25.1 Å². The Labute approximate surface area is 83.2 Å². The lowest BCUT2D eigenvalue weighted by Gasteiger charge is -2.08. The molecule has 1 aromatic carbocycles. The van der Waals surface area contributed by atoms with E-state index in [1.165, 1.54) is 0 Å². The van der Waals surface area contributed by atoms with Gasteiger partial charge in [0.15, 0.2) is 6.10 Å². The number of aryl methyl sites for hydroxylation is 1. The molecule has 0 N–H and O–H groups in total. The van der Waals surface area contributed by atoms with Crippen molar-refractivity contribution in [1.29, 1.82) is 10.5 Å². The largest absolute Gasteiger partial charge is 0.476 e. The van der Waals surface area contributed by atoms with E-state index in [0.29, 0.717) is 11.3 Å². The monoisotopic (exact) mass is 186 g/mol. The lowest BCUT2D eigenvalue weighted by Crippen LogP contribution is -2.08. The van der Waals surface area contributed by atoms with E-state index in [2.05, 4.69) is 6.07 Å². The minimum atomic E-state index is -0.496. The molecule has 1 aromatic rings. The summed E-state index contributed by atoms with van der Waals surface area (Å²) in [6, 6.07) is 9.22. The molecule has 0 spiro atoms. The Bertz CT molecular complexity index is 412. The van der Waals surface area contributed by atoms with Crippen molar-refractivity contribution in [3.8, 4) is 17.9 Å². The summed E-state index contributed by atoms with van der Waals surface area (Å²) >= 11 is 0. The Balaban J connectivity index is 2.92. The standard InChI is InChI=1S/C11H10N2O/c1-8-3-4-11(5-10(8)7-13)14-9(2)6-12/h3-5,9H,1-2H3. The van der Waals surface area contributed by atoms with Gasteiger partial charge in [0.25, 0.3) is 0 Å². The van der Waals surface area contributed by atoms with Crippen LogP contribution in [0, 0.1) is 29.6 Å². The van der Waals surface area contributed by atoms with Crippen LogP contribution in [-0.4, -0.2) is 6.10 Å². The van der Waals surface area contributed by atoms with Crippen LogP contribution in [0.1, 0.15) is 18.1 Å². The van der Waals surface area contributed by atoms with Crippen LogP contribution in [0.15, 0.2) is 18.2 Å². The van der Waals surface area contributed by atoms with Gasteiger partial charge in [-0.1, -0.05) is 6.07 Å². The lowest BCUT2D eigenvalue weighted by molar-refractivity contribution is 0.276. The van der Waals surface area contributed by atoms with Gasteiger partial charge in [-0.2, -0.15) is 10.5 Å². The van der Waals surface area contributed by atoms with E-state index in [4.69, 9.17) is 15.3 Å². The molecule has 1 atom stereocenters. The molecule has 0 saturated carbocycles. The minimum Gasteiger partial charge on any atom is -0.476 e. The summed E-state index contributed by atoms with van der Waals surface area (Å²) in [5, 5.41) is 17.3. The van der Waals surface area contributed by atoms with Gasteiger partial charge in [-0.3, -0.25) is 0 Å². The third-order valence-electron chi connectivity index (χ3n) is 1.82. The second kappa shape index (κ2) is 4.30. The maximum absolute atomic E-state index is 8.76. The van der Waals surface area contributed by atoms with Crippen LogP contribution in [0.5, 0.6) is 5.75 Å². The van der Waals surface area contributed by atoms with Crippen LogP contribution < -0.4 is 4.74 Å². The molecule has 0 amide bonds. The van der Waals surface area contributed by atoms with Crippen LogP contribution in [0.3, 0.4) is 0 Å². The quantitative estimate of drug-likeness (QED) is 0.711. The highest BCUT2D eigenvalue weighted by atomic mass is 16.5. The van der Waals surface area contributed by atoms with E-state index < -0.39 is 6.10 Å². The van der Waals surface area contributed by atoms with Gasteiger partial charge in [-0.15, -0.1) is 0 Å². The molecule has 14 heavy (non-hydrogen) atoms. The summed E-state index contributed by atoms with van der Waals surface area (Å²) in [6.45, 7) is 3.52. The van der Waals surface area contributed by atoms with Gasteiger partial charge < -0.3 is 4.74 Å². The average molecular weight is 186 g/mol. The Morgan fingerprint density at radius 2 is 2.07 bits per heavy atom. The van der Waals surface area contributed by atoms with Gasteiger partial charge in [0.2, 0.25) is 0 Å². The summed E-state index contributed by atoms with van der Waals surface area (Å²) in [6.07, 6.45) is -0.496. The van der Waals surface area contributed by atoms with Crippen molar-refractivity contribution in [2.24, 2.45) is 0 Å². The van der Waals surface area contributed by atoms with Crippen LogP contribution in [0.4, 0.5) is 0 Å². The fraction of sp³-hybridized carbons (Fsp3) is 0.273. The molecular weight excluding hydrogens is 176 g/mol. The molecule has 0 aromatic heterocycles. The minimum absolute atomic E-state index is 0.496. The Morgan fingerprint density at radius 3 is 2.64 bits per heavy atom. The predicted molar refractivity (Wildman–Crippen MR) is 51.6 cm³/mol. The molecule has 0 heterocycles. The summed E-state index contributed by atoms with van der Waals surface area (Å²) in [5.41, 5.74) is 1.48. The summed E-state index contributed by atoms with van der Waals surface area (Å²) in [4.78, 5) is 0. The van der Waals surface area contributed by atoms with Crippen LogP contribution in [0.25, 0.3) is 0 Å². The summed E-state index contributed by atoms with van der Waals surface area (Å²) in [5.74, 6) is 0.557. The summed E-state index contributed by atoms with van der Waals surface area (Å²) < 4.78 is 5.25. The topological polar surface area (TPSA) is 56.8 Å². The molecule has 0 saturated heterocycles. The van der Waals surface area contributed by atoms with Gasteiger partial charge >= 0.3 is 0 Å². The first-order valence-electron chi connectivity index (χ1n) is 4.24. The van der Waals surface area contributed by atoms with Crippen molar-refractivity contribution in [2.45, 2.75) is 20.0 Å². The van der Waals surface area contributed by atoms with Crippen molar-refractivity contribution in [1.82, 2.24) is 0 Å². The van der Waals surface area contributed by atoms with Gasteiger partial charge in [0.05, 0.1) is 11.6 Å². The average Bonchev–Trinajstić information content (AvgIpc) is 2.20. The maximum atomic E-state index is 8.76. The number of ether oxygens (including phenoxy) is 1. The van der Waals surface area contributed by atoms with Crippen molar-refractivity contribution < 1.29 is 4.74 Å². The summed E-state index contributed by atoms with van der Waals surface area (Å²) in [7, 11) is 0. The molecule has 0 bridgehead atoms. The Morgan fingerprint density at radius 1 is 1.36 bits per heavy atom. The fourth-order valence-electron chi connectivity index (χ4n) is 1.03. The maximum Gasteiger partial charge on any atom is 0.181 e. The molecule has 0 aliphatic heterocycles. The molecule has 1 rings (SSSR count). The van der Waals surface area contributed by atoms with Crippen molar-refractivity contribution in [3.05, 3.63) is 29.3 Å². The third-order valence-corrected chi connectivity index (χ3v) is 1.82. The number of benzene rings is 1. The van der Waals surface area contributed by atoms with E-state index >= 15 is 0 Å². The molecule has 0 radical (unpaired) electrons. The van der Waals surface area contributed by atoms with Crippen LogP contribution >= 0.6 is 0 Å². The van der Waals surface area contributed by atoms with E-state index in [9.17, 15) is 0 Å². The normalized spacial score (nSPS) is 11.1. The van der Waals surface area contributed by atoms with Gasteiger partial charge in [-0.05, 0) is 31.5 Å². The number of hydrogen-bond acceptors (Lipinski definition) is 3. The SMILES string of the molecule is Cc1ccc(OC(C)C#N)cc1C#N. The second-order valence-electron chi connectivity index (χ2n) is 2.98. The van der Waals surface area contributed by atoms with E-state index in [1.807, 2.05) is 13.0 Å². The van der Waals surface area contributed by atoms with Crippen molar-refractivity contribution >= 4 is 0 Å². The first-order chi connectivity index (χ1) is 6.67. The number of nitriles is 2. The fourth-order valence-corrected chi connectivity index (χ4v) is 1.03. The zero-order valence-electron chi connectivity index (χ0n) is 8.11. The van der Waals surface area contributed by atoms with Gasteiger partial charge in [-0.25, -0.2) is 0 Å². The zero-order valence-corrected chi connectivity index (χ0v) is 8.11. The Kier molecular flexibility index (Phi) is 3.09. The molecule has 0 fully saturated rings. The molecule has 1 unspecified atom stereocenters. The zero-order chi connectivity index (χ0) is 10.6. The van der Waals surface area contributed by atoms with Crippen LogP contribution in [0.2, 0.25) is 0 Å². The van der Waals surface area contributed by atoms with Gasteiger partial charge in [0, 0.05) is 0 Å². The smallest absolute Gasteiger partial charge is 0.181 e. The molecule has 0 aliphatic rings. The first kappa shape index (κ1) is 10.1. The lowest BCUT2D eigenvalue weighted by atomic mass is 10.1.